The number of aromatic nitrogens is 10. The molecule has 0 aliphatic heterocycles. The number of ether oxygens (including phenoxy) is 1. The normalized spacial score (nSPS) is 11.9. The van der Waals surface area contributed by atoms with Crippen molar-refractivity contribution in [3.63, 3.8) is 0 Å². The van der Waals surface area contributed by atoms with Gasteiger partial charge in [-0.05, 0) is 231 Å². The number of hydrogen-bond donors (Lipinski definition) is 0. The average molecular weight is 1780 g/mol. The fourth-order valence-corrected chi connectivity index (χ4v) is 11.4. The third-order valence-electron chi connectivity index (χ3n) is 18.9. The van der Waals surface area contributed by atoms with Gasteiger partial charge < -0.3 is 4.74 Å². The Hall–Kier alpha value is -8.99. The second-order valence-electron chi connectivity index (χ2n) is 39.8. The topological polar surface area (TPSA) is 138 Å². The molecule has 12 rings (SSSR count). The van der Waals surface area contributed by atoms with Crippen molar-refractivity contribution in [3.8, 4) is 5.75 Å². The van der Waals surface area contributed by atoms with E-state index in [4.69, 9.17) is 21.3 Å². The van der Waals surface area contributed by atoms with Gasteiger partial charge in [-0.1, -0.05) is 279 Å². The minimum Gasteiger partial charge on any atom is -0.494 e. The van der Waals surface area contributed by atoms with Crippen molar-refractivity contribution in [2.75, 3.05) is 7.11 Å². The van der Waals surface area contributed by atoms with Gasteiger partial charge in [0.25, 0.3) is 0 Å². The van der Waals surface area contributed by atoms with Crippen LogP contribution in [0.4, 0.5) is 17.6 Å². The molecule has 0 amide bonds. The number of aryl methyl sites for hydroxylation is 7. The number of benzene rings is 2. The predicted octanol–water partition coefficient (Wildman–Crippen LogP) is 31.1. The summed E-state index contributed by atoms with van der Waals surface area (Å²) in [5.74, 6) is 1.65. The van der Waals surface area contributed by atoms with Crippen LogP contribution < -0.4 is 4.74 Å². The lowest BCUT2D eigenvalue weighted by atomic mass is 9.87. The first-order valence-corrected chi connectivity index (χ1v) is 44.4. The summed E-state index contributed by atoms with van der Waals surface area (Å²) in [6.45, 7) is 74.8. The van der Waals surface area contributed by atoms with E-state index in [2.05, 4.69) is 265 Å². The van der Waals surface area contributed by atoms with Crippen LogP contribution in [0.5, 0.6) is 5.75 Å². The summed E-state index contributed by atoms with van der Waals surface area (Å²) in [4.78, 5) is 43.0. The maximum Gasteiger partial charge on any atom is 0.213 e. The molecule has 0 atom stereocenters. The summed E-state index contributed by atoms with van der Waals surface area (Å²) in [5.41, 5.74) is 20.0. The van der Waals surface area contributed by atoms with Crippen molar-refractivity contribution < 1.29 is 22.3 Å². The Morgan fingerprint density at radius 1 is 0.379 bits per heavy atom. The van der Waals surface area contributed by atoms with Crippen LogP contribution in [0.3, 0.4) is 0 Å². The van der Waals surface area contributed by atoms with E-state index < -0.39 is 5.95 Å². The van der Waals surface area contributed by atoms with Gasteiger partial charge in [-0.2, -0.15) is 4.39 Å². The van der Waals surface area contributed by atoms with Gasteiger partial charge in [0.2, 0.25) is 5.95 Å². The van der Waals surface area contributed by atoms with Crippen molar-refractivity contribution in [2.24, 2.45) is 0 Å². The third kappa shape index (κ3) is 42.8. The molecule has 0 unspecified atom stereocenters. The van der Waals surface area contributed by atoms with E-state index in [0.717, 1.165) is 67.5 Å². The lowest BCUT2D eigenvalue weighted by Gasteiger charge is -2.19. The molecule has 1 aliphatic rings. The first kappa shape index (κ1) is 111. The molecule has 0 spiro atoms. The molecule has 0 N–H and O–H groups in total. The Bertz CT molecular complexity index is 4710. The van der Waals surface area contributed by atoms with E-state index >= 15 is 0 Å². The molecule has 17 heteroatoms. The monoisotopic (exact) mass is 1780 g/mol. The molecule has 2 aromatic carbocycles. The minimum absolute atomic E-state index is 0.0674. The van der Waals surface area contributed by atoms with Crippen LogP contribution in [-0.2, 0) is 37.9 Å². The van der Waals surface area contributed by atoms with Crippen molar-refractivity contribution in [2.45, 2.75) is 330 Å². The molecule has 676 valence electrons. The molecule has 11 aromatic rings. The van der Waals surface area contributed by atoms with Crippen LogP contribution in [0.1, 0.15) is 351 Å². The molecule has 1 fully saturated rings. The molecule has 9 heterocycles. The zero-order valence-electron chi connectivity index (χ0n) is 82.3. The first-order valence-electron chi connectivity index (χ1n) is 43.3. The van der Waals surface area contributed by atoms with Gasteiger partial charge in [-0.15, -0.1) is 0 Å². The average Bonchev–Trinajstić information content (AvgIpc) is 1.19. The highest BCUT2D eigenvalue weighted by Crippen LogP contribution is 2.40. The Morgan fingerprint density at radius 2 is 0.790 bits per heavy atom. The fraction of sp³-hybridized carbons (Fsp3) is 0.477. The largest absolute Gasteiger partial charge is 0.494 e. The summed E-state index contributed by atoms with van der Waals surface area (Å²) in [6.07, 6.45) is 8.31. The second-order valence-corrected chi connectivity index (χ2v) is 41.0. The molecule has 124 heavy (non-hydrogen) atoms. The summed E-state index contributed by atoms with van der Waals surface area (Å²) >= 11 is 8.99. The Labute approximate surface area is 760 Å². The highest BCUT2D eigenvalue weighted by atomic mass is 79.9. The highest BCUT2D eigenvalue weighted by molar-refractivity contribution is 9.10. The molecule has 0 bridgehead atoms. The van der Waals surface area contributed by atoms with E-state index in [1.807, 2.05) is 167 Å². The maximum atomic E-state index is 13.4. The summed E-state index contributed by atoms with van der Waals surface area (Å²) < 4.78 is 58.3. The summed E-state index contributed by atoms with van der Waals surface area (Å²) in [5, 5.41) is 0.197. The Balaban J connectivity index is 0.000000462. The lowest BCUT2D eigenvalue weighted by molar-refractivity contribution is 0.383. The Kier molecular flexibility index (Phi) is 45.7. The number of halogens is 6. The molecular weight excluding hydrogens is 1630 g/mol. The van der Waals surface area contributed by atoms with Gasteiger partial charge in [0.15, 0.2) is 11.6 Å². The van der Waals surface area contributed by atoms with Crippen LogP contribution in [0.25, 0.3) is 0 Å². The first-order chi connectivity index (χ1) is 57.1. The van der Waals surface area contributed by atoms with Gasteiger partial charge in [-0.3, -0.25) is 39.9 Å². The van der Waals surface area contributed by atoms with Gasteiger partial charge >= 0.3 is 0 Å². The molecule has 1 aliphatic carbocycles. The van der Waals surface area contributed by atoms with Crippen molar-refractivity contribution in [1.29, 1.82) is 0 Å². The highest BCUT2D eigenvalue weighted by Gasteiger charge is 2.27. The van der Waals surface area contributed by atoms with Crippen molar-refractivity contribution >= 4 is 27.5 Å². The van der Waals surface area contributed by atoms with Crippen molar-refractivity contribution in [3.05, 3.63) is 323 Å². The molecule has 11 nitrogen and oxygen atoms in total. The summed E-state index contributed by atoms with van der Waals surface area (Å²) in [6, 6.07) is 51.6. The van der Waals surface area contributed by atoms with E-state index in [1.54, 1.807) is 48.5 Å². The van der Waals surface area contributed by atoms with Crippen LogP contribution in [0, 0.1) is 71.9 Å². The van der Waals surface area contributed by atoms with Gasteiger partial charge in [0, 0.05) is 120 Å². The third-order valence-corrected chi connectivity index (χ3v) is 19.9. The van der Waals surface area contributed by atoms with Crippen molar-refractivity contribution in [1.82, 2.24) is 49.8 Å². The van der Waals surface area contributed by atoms with Gasteiger partial charge in [0.1, 0.15) is 16.2 Å². The number of rotatable bonds is 6. The van der Waals surface area contributed by atoms with Crippen LogP contribution in [0.15, 0.2) is 187 Å². The second kappa shape index (κ2) is 51.0. The predicted molar refractivity (Wildman–Crippen MR) is 520 cm³/mol. The lowest BCUT2D eigenvalue weighted by Crippen LogP contribution is -2.16. The molecule has 0 radical (unpaired) electrons. The van der Waals surface area contributed by atoms with E-state index in [-0.39, 0.29) is 66.3 Å². The van der Waals surface area contributed by atoms with E-state index in [9.17, 15) is 17.6 Å². The number of pyridine rings is 8. The zero-order valence-corrected chi connectivity index (χ0v) is 84.6. The van der Waals surface area contributed by atoms with Gasteiger partial charge in [-0.25, -0.2) is 23.1 Å². The molecule has 0 saturated heterocycles. The SMILES string of the molecule is CC(C)(C)c1cccc(C2CC2)n1.CC(C)(C)c1cccc(Cl)c1F.CC(C)(C)c1cccc(F)n1.COc1cccc(C(C)C)c1F.Cc1ccc(F)c(C(C)(C)C)n1.Cc1cccc(C(C)(C)C)n1.Cc1cccc(C(C)(C)C)n1.Cc1cccc(C(C)C)n1.Cc1cccc(C(C)C)n1.Cc1cncc(C(C)(C)C)c1.Cc1ncc(C(C)C)nc1Br. The molecular formula is C107H150BrClF4N10O. The molecule has 1 saturated carbocycles. The Morgan fingerprint density at radius 3 is 1.12 bits per heavy atom. The quantitative estimate of drug-likeness (QED) is 0.116. The van der Waals surface area contributed by atoms with Crippen LogP contribution >= 0.6 is 27.5 Å². The van der Waals surface area contributed by atoms with Crippen LogP contribution in [-0.4, -0.2) is 56.9 Å². The summed E-state index contributed by atoms with van der Waals surface area (Å²) in [7, 11) is 1.47. The number of nitrogens with zero attached hydrogens (tertiary/aromatic N) is 10. The minimum atomic E-state index is -0.405. The zero-order chi connectivity index (χ0) is 94.8. The standard InChI is InChI=1S/C12H17N.C10H12ClF.C10H14FN.C10H13FO.3C10H15N.C9H12FN.2C9H13N.C8H11BrN2/c1-12(2,3)11-6-4-5-10(13-11)9-7-8-9;1-10(2,3)7-5-4-6-8(11)9(7)12;1-7-5-6-8(11)9(12-7)10(2,3)4;1-7(2)8-5-4-6-9(12-3)10(8)11;1-8-5-9(7-11-6-8)10(2,3)4;2*1-8-6-5-7-9(11-8)10(2,3)4;1-9(2,3)7-5-4-6-8(10)11-7;2*1-7(2)9-6-4-5-8(3)10-9;1-5(2)7-4-10-6(3)8(9)11-7/h4-6,9H,7-8H2,1-3H3;4-6H,1-3H3;5-6H,1-4H3;4-7H,1-3H3;3*5-7H,1-4H3;4-6H,1-3H3;2*4-7H,1-3H3;4-5H,1-3H3. The fourth-order valence-electron chi connectivity index (χ4n) is 11.0. The number of methoxy groups -OCH3 is 1. The van der Waals surface area contributed by atoms with E-state index in [0.29, 0.717) is 40.3 Å². The maximum absolute atomic E-state index is 13.4. The molecule has 9 aromatic heterocycles. The smallest absolute Gasteiger partial charge is 0.213 e. The van der Waals surface area contributed by atoms with Gasteiger partial charge in [0.05, 0.1) is 29.2 Å². The number of hydrogen-bond acceptors (Lipinski definition) is 11. The van der Waals surface area contributed by atoms with Crippen LogP contribution in [0.2, 0.25) is 5.02 Å². The van der Waals surface area contributed by atoms with E-state index in [1.165, 1.54) is 66.0 Å².